The Morgan fingerprint density at radius 1 is 1.10 bits per heavy atom. The second-order valence-electron chi connectivity index (χ2n) is 10.7. The summed E-state index contributed by atoms with van der Waals surface area (Å²) in [5.74, 6) is -1.03. The Balaban J connectivity index is 0.00000833. The third-order valence-electron chi connectivity index (χ3n) is 6.49. The number of carbonyl (C=O) groups is 2. The van der Waals surface area contributed by atoms with Crippen molar-refractivity contribution in [2.45, 2.75) is 50.9 Å². The number of fused-ring (bicyclic) bond motifs is 1. The zero-order valence-electron chi connectivity index (χ0n) is 28.1. The molecule has 8 atom stereocenters. The predicted molar refractivity (Wildman–Crippen MR) is 157 cm³/mol. The normalized spacial score (nSPS) is 22.9. The molecule has 272 valence electrons. The Morgan fingerprint density at radius 2 is 1.73 bits per heavy atom. The Bertz CT molecular complexity index is 1610. The topological polar surface area (TPSA) is 355 Å². The van der Waals surface area contributed by atoms with Crippen LogP contribution in [-0.2, 0) is 45.9 Å². The molecule has 51 heavy (non-hydrogen) atoms. The largest absolute Gasteiger partial charge is 1.00 e. The fourth-order valence-electron chi connectivity index (χ4n) is 4.12. The summed E-state index contributed by atoms with van der Waals surface area (Å²) >= 11 is 3.94. The molecule has 1 aliphatic heterocycles. The first-order chi connectivity index (χ1) is 22.2. The third-order valence-corrected chi connectivity index (χ3v) is 9.74. The SMILES string of the molecule is CC(C)(COP(=O)([O-])OP(=O)([O-])OC[C@H]1O[C@@H](n2cnc3c(N)ncnc32)C(O)[C@H]1OP(=O)([O-])O)C(O)C(=O)NCCC(=O)NCCS.[Li+].[Li+].[Li+]. The Morgan fingerprint density at radius 3 is 2.33 bits per heavy atom. The van der Waals surface area contributed by atoms with Crippen molar-refractivity contribution in [1.82, 2.24) is 30.2 Å². The van der Waals surface area contributed by atoms with Crippen molar-refractivity contribution in [3.05, 3.63) is 12.7 Å². The van der Waals surface area contributed by atoms with E-state index < -0.39 is 78.6 Å². The molecular formula is C21H33Li3N7O16P3S. The number of carbonyl (C=O) groups excluding carboxylic acids is 2. The van der Waals surface area contributed by atoms with Gasteiger partial charge in [-0.15, -0.1) is 0 Å². The molecule has 0 aromatic carbocycles. The van der Waals surface area contributed by atoms with Gasteiger partial charge in [0, 0.05) is 30.7 Å². The molecule has 0 aliphatic carbocycles. The molecule has 3 rings (SSSR count). The Hall–Kier alpha value is -0.318. The van der Waals surface area contributed by atoms with Crippen molar-refractivity contribution in [3.8, 4) is 0 Å². The van der Waals surface area contributed by atoms with E-state index in [2.05, 4.69) is 56.1 Å². The molecule has 2 amide bonds. The van der Waals surface area contributed by atoms with E-state index in [4.69, 9.17) is 10.5 Å². The van der Waals surface area contributed by atoms with Crippen LogP contribution in [0.15, 0.2) is 12.7 Å². The van der Waals surface area contributed by atoms with Gasteiger partial charge in [0.15, 0.2) is 17.7 Å². The van der Waals surface area contributed by atoms with Crippen molar-refractivity contribution in [2.24, 2.45) is 5.41 Å². The molecule has 5 unspecified atom stereocenters. The number of imidazole rings is 1. The average molecular weight is 785 g/mol. The van der Waals surface area contributed by atoms with E-state index in [1.807, 2.05) is 0 Å². The van der Waals surface area contributed by atoms with Crippen LogP contribution in [0.1, 0.15) is 26.5 Å². The maximum absolute atomic E-state index is 12.4. The smallest absolute Gasteiger partial charge is 0.756 e. The number of aliphatic hydroxyl groups excluding tert-OH is 2. The van der Waals surface area contributed by atoms with E-state index in [1.54, 1.807) is 0 Å². The first-order valence-electron chi connectivity index (χ1n) is 13.6. The molecule has 1 aliphatic rings. The summed E-state index contributed by atoms with van der Waals surface area (Å²) in [6.45, 7) is 0.374. The van der Waals surface area contributed by atoms with Crippen LogP contribution in [0.25, 0.3) is 11.2 Å². The first-order valence-corrected chi connectivity index (χ1v) is 18.7. The number of hydrogen-bond acceptors (Lipinski definition) is 20. The quantitative estimate of drug-likeness (QED) is 0.0419. The second kappa shape index (κ2) is 21.1. The zero-order valence-corrected chi connectivity index (χ0v) is 31.7. The summed E-state index contributed by atoms with van der Waals surface area (Å²) in [5, 5.41) is 26.0. The van der Waals surface area contributed by atoms with Gasteiger partial charge in [0.1, 0.15) is 36.3 Å². The minimum Gasteiger partial charge on any atom is -0.756 e. The number of nitrogen functional groups attached to an aromatic ring is 1. The number of amides is 2. The fraction of sp³-hybridized carbons (Fsp3) is 0.667. The number of ether oxygens (including phenoxy) is 1. The zero-order chi connectivity index (χ0) is 36.1. The summed E-state index contributed by atoms with van der Waals surface area (Å²) in [6.07, 6.45) is -7.21. The van der Waals surface area contributed by atoms with Crippen molar-refractivity contribution < 1.29 is 132 Å². The van der Waals surface area contributed by atoms with Crippen LogP contribution in [0.2, 0.25) is 0 Å². The second-order valence-corrected chi connectivity index (χ2v) is 15.3. The van der Waals surface area contributed by atoms with Crippen LogP contribution in [0, 0.1) is 5.41 Å². The van der Waals surface area contributed by atoms with E-state index in [9.17, 15) is 53.1 Å². The number of aliphatic hydroxyl groups is 2. The standard InChI is InChI=1S/C21H36N7O16P3S.3Li/c1-21(2,16(31)19(32)24-4-3-12(29)23-5-6-48)8-41-47(38,39)44-46(36,37)40-7-11-15(43-45(33,34)35)14(30)20(42-11)28-10-27-13-17(22)25-9-26-18(13)28;;;/h9-11,14-16,20,30-31,48H,3-8H2,1-2H3,(H,23,29)(H,24,32)(H,36,37)(H,38,39)(H2,22,25,26)(H2,33,34,35);;;/q;3*+1/p-3/t11-,14?,15+,16?,20-;;;/m1.../s1. The number of hydrogen-bond donors (Lipinski definition) is 7. The number of nitrogens with zero attached hydrogens (tertiary/aromatic N) is 4. The summed E-state index contributed by atoms with van der Waals surface area (Å²) in [7, 11) is -17.2. The van der Waals surface area contributed by atoms with Gasteiger partial charge in [-0.3, -0.25) is 27.9 Å². The number of rotatable bonds is 18. The van der Waals surface area contributed by atoms with Gasteiger partial charge in [-0.2, -0.15) is 12.6 Å². The van der Waals surface area contributed by atoms with E-state index in [0.717, 1.165) is 17.2 Å². The summed E-state index contributed by atoms with van der Waals surface area (Å²) in [6, 6.07) is 0. The summed E-state index contributed by atoms with van der Waals surface area (Å²) in [5.41, 5.74) is 4.15. The van der Waals surface area contributed by atoms with E-state index in [1.165, 1.54) is 13.8 Å². The minimum atomic E-state index is -5.87. The van der Waals surface area contributed by atoms with E-state index in [0.29, 0.717) is 12.3 Å². The van der Waals surface area contributed by atoms with Crippen molar-refractivity contribution in [3.63, 3.8) is 0 Å². The van der Waals surface area contributed by atoms with Crippen LogP contribution >= 0.6 is 36.1 Å². The van der Waals surface area contributed by atoms with Gasteiger partial charge in [-0.05, 0) is 0 Å². The van der Waals surface area contributed by atoms with E-state index in [-0.39, 0.29) is 92.4 Å². The fourth-order valence-corrected chi connectivity index (χ4v) is 6.97. The molecule has 30 heteroatoms. The van der Waals surface area contributed by atoms with Crippen LogP contribution < -0.4 is 87.6 Å². The van der Waals surface area contributed by atoms with Gasteiger partial charge in [0.2, 0.25) is 11.8 Å². The number of aromatic nitrogens is 4. The number of thiol groups is 1. The molecular weight excluding hydrogens is 752 g/mol. The molecule has 1 fully saturated rings. The molecule has 7 N–H and O–H groups in total. The number of phosphoric ester groups is 3. The van der Waals surface area contributed by atoms with Gasteiger partial charge in [-0.1, -0.05) is 13.8 Å². The molecule has 0 saturated carbocycles. The number of anilines is 1. The molecule has 2 aromatic heterocycles. The Kier molecular flexibility index (Phi) is 21.0. The third kappa shape index (κ3) is 15.0. The number of nitrogens with two attached hydrogens (primary N) is 1. The molecule has 23 nitrogen and oxygen atoms in total. The van der Waals surface area contributed by atoms with Crippen molar-refractivity contribution in [1.29, 1.82) is 0 Å². The van der Waals surface area contributed by atoms with Gasteiger partial charge in [-0.25, -0.2) is 19.3 Å². The summed E-state index contributed by atoms with van der Waals surface area (Å²) < 4.78 is 60.4. The van der Waals surface area contributed by atoms with Gasteiger partial charge < -0.3 is 64.5 Å². The number of nitrogens with one attached hydrogen (secondary N) is 2. The molecule has 0 bridgehead atoms. The van der Waals surface area contributed by atoms with Gasteiger partial charge in [0.05, 0.1) is 19.5 Å². The summed E-state index contributed by atoms with van der Waals surface area (Å²) in [4.78, 5) is 81.0. The molecule has 0 spiro atoms. The van der Waals surface area contributed by atoms with Crippen LogP contribution in [0.5, 0.6) is 0 Å². The van der Waals surface area contributed by atoms with Crippen molar-refractivity contribution in [2.75, 3.05) is 37.8 Å². The molecule has 1 saturated heterocycles. The molecule has 0 radical (unpaired) electrons. The maximum Gasteiger partial charge on any atom is 1.00 e. The van der Waals surface area contributed by atoms with Gasteiger partial charge >= 0.3 is 56.6 Å². The average Bonchev–Trinajstić information content (AvgIpc) is 3.54. The van der Waals surface area contributed by atoms with Crippen LogP contribution in [-0.4, -0.2) is 103 Å². The minimum absolute atomic E-state index is 0. The maximum atomic E-state index is 12.4. The van der Waals surface area contributed by atoms with E-state index >= 15 is 0 Å². The number of phosphoric acid groups is 3. The van der Waals surface area contributed by atoms with Gasteiger partial charge in [0.25, 0.3) is 23.5 Å². The molecule has 3 heterocycles. The van der Waals surface area contributed by atoms with Crippen molar-refractivity contribution >= 4 is 64.9 Å². The van der Waals surface area contributed by atoms with Crippen LogP contribution in [0.4, 0.5) is 5.82 Å². The van der Waals surface area contributed by atoms with Crippen LogP contribution in [0.3, 0.4) is 0 Å². The predicted octanol–water partition coefficient (Wildman–Crippen LogP) is -12.5. The first kappa shape index (κ1) is 50.7. The Labute approximate surface area is 332 Å². The molecule has 2 aromatic rings. The monoisotopic (exact) mass is 785 g/mol.